The van der Waals surface area contributed by atoms with Gasteiger partial charge in [-0.2, -0.15) is 0 Å². The van der Waals surface area contributed by atoms with E-state index in [0.717, 1.165) is 25.8 Å². The summed E-state index contributed by atoms with van der Waals surface area (Å²) in [5, 5.41) is 3.37. The summed E-state index contributed by atoms with van der Waals surface area (Å²) in [7, 11) is 0. The normalized spacial score (nSPS) is 16.9. The molecule has 1 N–H and O–H groups in total. The minimum atomic E-state index is -2.11. The minimum absolute atomic E-state index is 0.000900. The van der Waals surface area contributed by atoms with Crippen LogP contribution in [0.25, 0.3) is 0 Å². The third-order valence-electron chi connectivity index (χ3n) is 4.74. The number of nitrogens with one attached hydrogen (secondary N) is 1. The Bertz CT molecular complexity index is 636. The highest BCUT2D eigenvalue weighted by Gasteiger charge is 2.53. The molecule has 2 rings (SSSR count). The summed E-state index contributed by atoms with van der Waals surface area (Å²) in [6.45, 7) is 4.28. The maximum absolute atomic E-state index is 12.8. The van der Waals surface area contributed by atoms with Gasteiger partial charge in [-0.1, -0.05) is 24.6 Å². The molecule has 1 aromatic rings. The zero-order valence-electron chi connectivity index (χ0n) is 16.6. The van der Waals surface area contributed by atoms with Crippen molar-refractivity contribution in [2.75, 3.05) is 19.8 Å². The van der Waals surface area contributed by atoms with Gasteiger partial charge in [-0.05, 0) is 51.8 Å². The molecule has 0 bridgehead atoms. The van der Waals surface area contributed by atoms with Crippen molar-refractivity contribution >= 4 is 17.9 Å². The lowest BCUT2D eigenvalue weighted by molar-refractivity contribution is -0.185. The molecule has 0 radical (unpaired) electrons. The number of rotatable bonds is 9. The summed E-state index contributed by atoms with van der Waals surface area (Å²) in [5.74, 6) is -2.56. The van der Waals surface area contributed by atoms with Crippen molar-refractivity contribution in [3.05, 3.63) is 35.9 Å². The molecule has 154 valence electrons. The second kappa shape index (κ2) is 10.8. The van der Waals surface area contributed by atoms with Crippen LogP contribution in [0.1, 0.15) is 56.3 Å². The van der Waals surface area contributed by atoms with E-state index in [-0.39, 0.29) is 31.2 Å². The molecule has 1 saturated heterocycles. The fraction of sp³-hybridized carbons (Fsp3) is 0.571. The van der Waals surface area contributed by atoms with Crippen LogP contribution in [-0.2, 0) is 23.8 Å². The standard InChI is InChI=1S/C21H29NO6/c1-3-26-19(24)21(20(25)27-4-2,14-13-17-12-8-9-15-22-17)28-18(23)16-10-6-5-7-11-16/h5-7,10-11,17,22H,3-4,8-9,12-15H2,1-2H3. The molecule has 7 nitrogen and oxygen atoms in total. The molecule has 0 saturated carbocycles. The van der Waals surface area contributed by atoms with Gasteiger partial charge in [0.25, 0.3) is 0 Å². The largest absolute Gasteiger partial charge is 0.463 e. The van der Waals surface area contributed by atoms with E-state index in [0.29, 0.717) is 6.42 Å². The molecule has 1 atom stereocenters. The zero-order valence-corrected chi connectivity index (χ0v) is 16.6. The maximum Gasteiger partial charge on any atom is 0.362 e. The van der Waals surface area contributed by atoms with Gasteiger partial charge in [-0.15, -0.1) is 0 Å². The Hall–Kier alpha value is -2.41. The molecule has 1 aliphatic heterocycles. The molecule has 1 aromatic carbocycles. The van der Waals surface area contributed by atoms with Crippen molar-refractivity contribution in [2.45, 2.75) is 57.6 Å². The monoisotopic (exact) mass is 391 g/mol. The van der Waals surface area contributed by atoms with E-state index >= 15 is 0 Å². The van der Waals surface area contributed by atoms with Crippen LogP contribution in [0.3, 0.4) is 0 Å². The maximum atomic E-state index is 12.8. The van der Waals surface area contributed by atoms with Gasteiger partial charge < -0.3 is 19.5 Å². The second-order valence-electron chi connectivity index (χ2n) is 6.71. The predicted octanol–water partition coefficient (Wildman–Crippen LogP) is 2.63. The highest BCUT2D eigenvalue weighted by molar-refractivity contribution is 6.06. The third kappa shape index (κ3) is 5.55. The number of carbonyl (C=O) groups excluding carboxylic acids is 3. The van der Waals surface area contributed by atoms with E-state index in [1.165, 1.54) is 0 Å². The van der Waals surface area contributed by atoms with E-state index in [9.17, 15) is 14.4 Å². The molecular formula is C21H29NO6. The van der Waals surface area contributed by atoms with E-state index in [4.69, 9.17) is 14.2 Å². The highest BCUT2D eigenvalue weighted by Crippen LogP contribution is 2.27. The Morgan fingerprint density at radius 2 is 1.68 bits per heavy atom. The summed E-state index contributed by atoms with van der Waals surface area (Å²) in [6, 6.07) is 8.39. The van der Waals surface area contributed by atoms with Crippen LogP contribution in [0, 0.1) is 0 Å². The van der Waals surface area contributed by atoms with Crippen molar-refractivity contribution in [1.82, 2.24) is 5.32 Å². The van der Waals surface area contributed by atoms with Gasteiger partial charge in [0.15, 0.2) is 0 Å². The Labute approximate surface area is 165 Å². The average molecular weight is 391 g/mol. The highest BCUT2D eigenvalue weighted by atomic mass is 16.6. The molecule has 0 aliphatic carbocycles. The van der Waals surface area contributed by atoms with E-state index in [2.05, 4.69) is 5.32 Å². The molecular weight excluding hydrogens is 362 g/mol. The molecule has 0 amide bonds. The van der Waals surface area contributed by atoms with Crippen LogP contribution >= 0.6 is 0 Å². The third-order valence-corrected chi connectivity index (χ3v) is 4.74. The molecule has 1 aliphatic rings. The molecule has 1 heterocycles. The van der Waals surface area contributed by atoms with Crippen LogP contribution in [0.15, 0.2) is 30.3 Å². The quantitative estimate of drug-likeness (QED) is 0.393. The lowest BCUT2D eigenvalue weighted by Crippen LogP contribution is -2.53. The topological polar surface area (TPSA) is 90.9 Å². The fourth-order valence-electron chi connectivity index (χ4n) is 3.26. The number of hydrogen-bond acceptors (Lipinski definition) is 7. The predicted molar refractivity (Wildman–Crippen MR) is 103 cm³/mol. The summed E-state index contributed by atoms with van der Waals surface area (Å²) < 4.78 is 15.8. The van der Waals surface area contributed by atoms with Crippen molar-refractivity contribution in [1.29, 1.82) is 0 Å². The second-order valence-corrected chi connectivity index (χ2v) is 6.71. The van der Waals surface area contributed by atoms with E-state index in [1.807, 2.05) is 0 Å². The summed E-state index contributed by atoms with van der Waals surface area (Å²) in [5.41, 5.74) is -1.87. The smallest absolute Gasteiger partial charge is 0.362 e. The summed E-state index contributed by atoms with van der Waals surface area (Å²) in [4.78, 5) is 38.3. The molecule has 0 aromatic heterocycles. The van der Waals surface area contributed by atoms with Crippen LogP contribution < -0.4 is 5.32 Å². The first-order chi connectivity index (χ1) is 13.5. The molecule has 0 spiro atoms. The van der Waals surface area contributed by atoms with Crippen LogP contribution in [0.4, 0.5) is 0 Å². The molecule has 1 fully saturated rings. The van der Waals surface area contributed by atoms with Crippen molar-refractivity contribution in [3.8, 4) is 0 Å². The Balaban J connectivity index is 2.29. The first-order valence-electron chi connectivity index (χ1n) is 9.89. The number of carbonyl (C=O) groups is 3. The molecule has 1 unspecified atom stereocenters. The van der Waals surface area contributed by atoms with Crippen molar-refractivity contribution in [2.24, 2.45) is 0 Å². The van der Waals surface area contributed by atoms with Crippen molar-refractivity contribution < 1.29 is 28.6 Å². The van der Waals surface area contributed by atoms with Gasteiger partial charge >= 0.3 is 23.5 Å². The Kier molecular flexibility index (Phi) is 8.44. The van der Waals surface area contributed by atoms with Crippen molar-refractivity contribution in [3.63, 3.8) is 0 Å². The SMILES string of the molecule is CCOC(=O)C(CCC1CCCCN1)(OC(=O)c1ccccc1)C(=O)OCC. The first-order valence-corrected chi connectivity index (χ1v) is 9.89. The lowest BCUT2D eigenvalue weighted by atomic mass is 9.91. The molecule has 7 heteroatoms. The minimum Gasteiger partial charge on any atom is -0.463 e. The van der Waals surface area contributed by atoms with E-state index < -0.39 is 23.5 Å². The van der Waals surface area contributed by atoms with Crippen LogP contribution in [0.2, 0.25) is 0 Å². The summed E-state index contributed by atoms with van der Waals surface area (Å²) in [6.07, 6.45) is 3.60. The van der Waals surface area contributed by atoms with Crippen LogP contribution in [-0.4, -0.2) is 49.3 Å². The van der Waals surface area contributed by atoms with Gasteiger partial charge in [0.2, 0.25) is 0 Å². The number of ether oxygens (including phenoxy) is 3. The Morgan fingerprint density at radius 1 is 1.04 bits per heavy atom. The number of esters is 3. The summed E-state index contributed by atoms with van der Waals surface area (Å²) >= 11 is 0. The molecule has 28 heavy (non-hydrogen) atoms. The van der Waals surface area contributed by atoms with Gasteiger partial charge in [0, 0.05) is 12.5 Å². The van der Waals surface area contributed by atoms with Gasteiger partial charge in [-0.25, -0.2) is 14.4 Å². The zero-order chi connectivity index (χ0) is 20.4. The first kappa shape index (κ1) is 21.9. The fourth-order valence-corrected chi connectivity index (χ4v) is 3.26. The Morgan fingerprint density at radius 3 is 2.21 bits per heavy atom. The number of piperidine rings is 1. The lowest BCUT2D eigenvalue weighted by Gasteiger charge is -2.31. The average Bonchev–Trinajstić information content (AvgIpc) is 2.72. The van der Waals surface area contributed by atoms with E-state index in [1.54, 1.807) is 44.2 Å². The number of hydrogen-bond donors (Lipinski definition) is 1. The van der Waals surface area contributed by atoms with Crippen LogP contribution in [0.5, 0.6) is 0 Å². The number of benzene rings is 1. The van der Waals surface area contributed by atoms with Gasteiger partial charge in [0.05, 0.1) is 18.8 Å². The van der Waals surface area contributed by atoms with Gasteiger partial charge in [-0.3, -0.25) is 0 Å². The van der Waals surface area contributed by atoms with Gasteiger partial charge in [0.1, 0.15) is 0 Å².